The first-order valence-corrected chi connectivity index (χ1v) is 11.4. The van der Waals surface area contributed by atoms with Crippen LogP contribution in [0.1, 0.15) is 53.5 Å². The summed E-state index contributed by atoms with van der Waals surface area (Å²) in [6.45, 7) is 12.4. The summed E-state index contributed by atoms with van der Waals surface area (Å²) in [7, 11) is 0. The van der Waals surface area contributed by atoms with Gasteiger partial charge in [-0.15, -0.1) is 0 Å². The number of nitrogens with zero attached hydrogens (tertiary/aromatic N) is 4. The van der Waals surface area contributed by atoms with Gasteiger partial charge >= 0.3 is 0 Å². The number of amides is 1. The van der Waals surface area contributed by atoms with E-state index in [0.717, 1.165) is 47.0 Å². The number of nitrogens with one attached hydrogen (secondary N) is 1. The van der Waals surface area contributed by atoms with E-state index in [1.54, 1.807) is 10.7 Å². The molecule has 4 rings (SSSR count). The Kier molecular flexibility index (Phi) is 6.37. The van der Waals surface area contributed by atoms with Crippen molar-refractivity contribution in [3.8, 4) is 11.1 Å². The van der Waals surface area contributed by atoms with E-state index in [2.05, 4.69) is 47.2 Å². The zero-order chi connectivity index (χ0) is 22.0. The molecule has 1 N–H and O–H groups in total. The molecule has 3 heterocycles. The highest BCUT2D eigenvalue weighted by Gasteiger charge is 2.19. The van der Waals surface area contributed by atoms with Gasteiger partial charge in [-0.25, -0.2) is 9.50 Å². The highest BCUT2D eigenvalue weighted by Crippen LogP contribution is 2.28. The third-order valence-corrected chi connectivity index (χ3v) is 6.29. The Morgan fingerprint density at radius 1 is 1.26 bits per heavy atom. The van der Waals surface area contributed by atoms with Crippen LogP contribution in [-0.2, 0) is 0 Å². The molecule has 0 bridgehead atoms. The lowest BCUT2D eigenvalue weighted by Gasteiger charge is -2.30. The Hall–Kier alpha value is -2.73. The van der Waals surface area contributed by atoms with Crippen LogP contribution >= 0.6 is 0 Å². The first-order valence-electron chi connectivity index (χ1n) is 11.4. The van der Waals surface area contributed by atoms with E-state index >= 15 is 0 Å². The number of benzene rings is 1. The normalized spacial score (nSPS) is 17.2. The van der Waals surface area contributed by atoms with Crippen LogP contribution in [0.2, 0.25) is 0 Å². The minimum atomic E-state index is -0.0795. The molecule has 1 atom stereocenters. The summed E-state index contributed by atoms with van der Waals surface area (Å²) in [5.41, 5.74) is 6.42. The van der Waals surface area contributed by atoms with Gasteiger partial charge in [0.15, 0.2) is 5.65 Å². The number of piperidine rings is 1. The van der Waals surface area contributed by atoms with Gasteiger partial charge in [0.2, 0.25) is 0 Å². The molecule has 2 aromatic heterocycles. The van der Waals surface area contributed by atoms with Crippen molar-refractivity contribution in [1.82, 2.24) is 24.8 Å². The fourth-order valence-electron chi connectivity index (χ4n) is 4.65. The number of hydrogen-bond acceptors (Lipinski definition) is 4. The third kappa shape index (κ3) is 4.64. The predicted molar refractivity (Wildman–Crippen MR) is 124 cm³/mol. The van der Waals surface area contributed by atoms with Gasteiger partial charge in [-0.05, 0) is 64.6 Å². The van der Waals surface area contributed by atoms with Crippen molar-refractivity contribution in [2.45, 2.75) is 47.0 Å². The van der Waals surface area contributed by atoms with E-state index in [1.165, 1.54) is 31.5 Å². The van der Waals surface area contributed by atoms with Crippen LogP contribution < -0.4 is 5.32 Å². The monoisotopic (exact) mass is 419 g/mol. The molecule has 0 saturated carbocycles. The van der Waals surface area contributed by atoms with Gasteiger partial charge in [-0.2, -0.15) is 5.10 Å². The van der Waals surface area contributed by atoms with Crippen molar-refractivity contribution < 1.29 is 4.79 Å². The molecule has 6 nitrogen and oxygen atoms in total. The van der Waals surface area contributed by atoms with Crippen LogP contribution in [0.5, 0.6) is 0 Å². The van der Waals surface area contributed by atoms with E-state index in [4.69, 9.17) is 5.10 Å². The molecule has 1 aliphatic rings. The van der Waals surface area contributed by atoms with E-state index in [9.17, 15) is 4.79 Å². The van der Waals surface area contributed by atoms with E-state index in [0.29, 0.717) is 12.1 Å². The van der Waals surface area contributed by atoms with Crippen molar-refractivity contribution in [2.75, 3.05) is 26.2 Å². The van der Waals surface area contributed by atoms with Crippen molar-refractivity contribution >= 4 is 11.6 Å². The summed E-state index contributed by atoms with van der Waals surface area (Å²) >= 11 is 0. The molecular weight excluding hydrogens is 386 g/mol. The first-order chi connectivity index (χ1) is 14.9. The Morgan fingerprint density at radius 3 is 2.87 bits per heavy atom. The molecule has 0 unspecified atom stereocenters. The highest BCUT2D eigenvalue weighted by molar-refractivity contribution is 5.95. The Balaban J connectivity index is 1.46. The lowest BCUT2D eigenvalue weighted by atomic mass is 10.0. The zero-order valence-corrected chi connectivity index (χ0v) is 19.1. The smallest absolute Gasteiger partial charge is 0.254 e. The summed E-state index contributed by atoms with van der Waals surface area (Å²) in [5.74, 6) is 0.704. The molecule has 0 spiro atoms. The van der Waals surface area contributed by atoms with Crippen LogP contribution in [0.4, 0.5) is 0 Å². The Labute approximate surface area is 184 Å². The maximum atomic E-state index is 12.8. The predicted octanol–water partition coefficient (Wildman–Crippen LogP) is 4.17. The average molecular weight is 420 g/mol. The quantitative estimate of drug-likeness (QED) is 0.609. The molecule has 1 saturated heterocycles. The number of rotatable bonds is 6. The average Bonchev–Trinajstić information content (AvgIpc) is 3.08. The van der Waals surface area contributed by atoms with Crippen LogP contribution in [0.25, 0.3) is 16.8 Å². The standard InChI is InChI=1S/C25H33N5O/c1-17-8-5-10-21(14-17)23-19(3)28-30-20(4)22(15-27-24(23)30)25(31)26-11-7-13-29-12-6-9-18(2)16-29/h5,8,10,14-15,18H,6-7,9,11-13,16H2,1-4H3,(H,26,31)/t18-/m1/s1. The van der Waals surface area contributed by atoms with Crippen LogP contribution in [-0.4, -0.2) is 51.6 Å². The van der Waals surface area contributed by atoms with Gasteiger partial charge in [-0.1, -0.05) is 36.8 Å². The van der Waals surface area contributed by atoms with E-state index in [-0.39, 0.29) is 5.91 Å². The van der Waals surface area contributed by atoms with Crippen molar-refractivity contribution in [1.29, 1.82) is 0 Å². The van der Waals surface area contributed by atoms with Crippen molar-refractivity contribution in [2.24, 2.45) is 5.92 Å². The number of likely N-dealkylation sites (tertiary alicyclic amines) is 1. The van der Waals surface area contributed by atoms with Crippen molar-refractivity contribution in [3.63, 3.8) is 0 Å². The van der Waals surface area contributed by atoms with Crippen LogP contribution in [0.3, 0.4) is 0 Å². The number of fused-ring (bicyclic) bond motifs is 1. The molecule has 0 radical (unpaired) electrons. The van der Waals surface area contributed by atoms with E-state index in [1.807, 2.05) is 19.9 Å². The Morgan fingerprint density at radius 2 is 2.10 bits per heavy atom. The van der Waals surface area contributed by atoms with Crippen molar-refractivity contribution in [3.05, 3.63) is 53.0 Å². The summed E-state index contributed by atoms with van der Waals surface area (Å²) < 4.78 is 1.80. The molecule has 31 heavy (non-hydrogen) atoms. The fraction of sp³-hybridized carbons (Fsp3) is 0.480. The second kappa shape index (κ2) is 9.18. The minimum absolute atomic E-state index is 0.0795. The van der Waals surface area contributed by atoms with Crippen LogP contribution in [0.15, 0.2) is 30.5 Å². The summed E-state index contributed by atoms with van der Waals surface area (Å²) in [6.07, 6.45) is 5.27. The topological polar surface area (TPSA) is 62.5 Å². The van der Waals surface area contributed by atoms with E-state index < -0.39 is 0 Å². The number of carbonyl (C=O) groups is 1. The fourth-order valence-corrected chi connectivity index (χ4v) is 4.65. The Bertz CT molecular complexity index is 1090. The van der Waals surface area contributed by atoms with Gasteiger partial charge in [-0.3, -0.25) is 4.79 Å². The van der Waals surface area contributed by atoms with Crippen LogP contribution in [0, 0.1) is 26.7 Å². The molecule has 3 aromatic rings. The van der Waals surface area contributed by atoms with Gasteiger partial charge in [0.25, 0.3) is 5.91 Å². The SMILES string of the molecule is Cc1cccc(-c2c(C)nn3c(C)c(C(=O)NCCCN4CCC[C@@H](C)C4)cnc23)c1. The molecule has 1 amide bonds. The molecule has 6 heteroatoms. The van der Waals surface area contributed by atoms with Gasteiger partial charge in [0, 0.05) is 24.8 Å². The third-order valence-electron chi connectivity index (χ3n) is 6.29. The highest BCUT2D eigenvalue weighted by atomic mass is 16.1. The molecule has 1 fully saturated rings. The number of aryl methyl sites for hydroxylation is 3. The summed E-state index contributed by atoms with van der Waals surface area (Å²) in [6, 6.07) is 8.35. The largest absolute Gasteiger partial charge is 0.352 e. The maximum absolute atomic E-state index is 12.8. The summed E-state index contributed by atoms with van der Waals surface area (Å²) in [4.78, 5) is 20.0. The second-order valence-corrected chi connectivity index (χ2v) is 8.98. The molecular formula is C25H33N5O. The minimum Gasteiger partial charge on any atom is -0.352 e. The number of hydrogen-bond donors (Lipinski definition) is 1. The second-order valence-electron chi connectivity index (χ2n) is 8.98. The molecule has 164 valence electrons. The molecule has 0 aliphatic carbocycles. The lowest BCUT2D eigenvalue weighted by Crippen LogP contribution is -2.36. The van der Waals surface area contributed by atoms with Gasteiger partial charge in [0.05, 0.1) is 17.0 Å². The first kappa shape index (κ1) is 21.5. The zero-order valence-electron chi connectivity index (χ0n) is 19.1. The number of aromatic nitrogens is 3. The van der Waals surface area contributed by atoms with Gasteiger partial charge < -0.3 is 10.2 Å². The summed E-state index contributed by atoms with van der Waals surface area (Å²) in [5, 5.41) is 7.76. The molecule has 1 aromatic carbocycles. The maximum Gasteiger partial charge on any atom is 0.254 e. The molecule has 1 aliphatic heterocycles. The van der Waals surface area contributed by atoms with Gasteiger partial charge in [0.1, 0.15) is 0 Å². The number of carbonyl (C=O) groups excluding carboxylic acids is 1. The lowest BCUT2D eigenvalue weighted by molar-refractivity contribution is 0.0948.